The summed E-state index contributed by atoms with van der Waals surface area (Å²) in [6, 6.07) is 6.17. The Morgan fingerprint density at radius 3 is 3.05 bits per heavy atom. The Balaban J connectivity index is 2.03. The van der Waals surface area contributed by atoms with Gasteiger partial charge in [0.05, 0.1) is 23.7 Å². The molecule has 102 valence electrons. The van der Waals surface area contributed by atoms with Gasteiger partial charge in [-0.1, -0.05) is 11.8 Å². The summed E-state index contributed by atoms with van der Waals surface area (Å²) < 4.78 is 14.3. The van der Waals surface area contributed by atoms with Crippen molar-refractivity contribution in [2.45, 2.75) is 16.5 Å². The number of carboxylic acids is 1. The zero-order valence-corrected chi connectivity index (χ0v) is 11.8. The fraction of sp³-hybridized carbons (Fsp3) is 0.154. The average Bonchev–Trinajstić information content (AvgIpc) is 2.84. The third-order valence-corrected chi connectivity index (χ3v) is 4.51. The predicted octanol–water partition coefficient (Wildman–Crippen LogP) is 3.07. The van der Waals surface area contributed by atoms with Crippen molar-refractivity contribution in [1.82, 2.24) is 4.98 Å². The Morgan fingerprint density at radius 2 is 2.35 bits per heavy atom. The van der Waals surface area contributed by atoms with Crippen LogP contribution in [0.15, 0.2) is 27.9 Å². The monoisotopic (exact) mass is 308 g/mol. The number of aromatic nitrogens is 1. The molecule has 1 aromatic heterocycles. The van der Waals surface area contributed by atoms with Gasteiger partial charge in [0, 0.05) is 11.1 Å². The largest absolute Gasteiger partial charge is 0.481 e. The molecular formula is C13H9FN2O2S2. The molecule has 0 bridgehead atoms. The van der Waals surface area contributed by atoms with E-state index in [9.17, 15) is 9.18 Å². The first-order chi connectivity index (χ1) is 9.58. The standard InChI is InChI=1S/C13H9FN2O2S2/c14-11-2-1-8(5-15)3-9(11)6-19-13-16-10(7-20-13)4-12(17)18/h1-3,7H,4,6H2,(H,17,18). The first-order valence-corrected chi connectivity index (χ1v) is 7.42. The second kappa shape index (κ2) is 6.50. The number of nitriles is 1. The van der Waals surface area contributed by atoms with Crippen LogP contribution < -0.4 is 0 Å². The molecule has 0 saturated carbocycles. The fourth-order valence-corrected chi connectivity index (χ4v) is 3.30. The summed E-state index contributed by atoms with van der Waals surface area (Å²) in [6.07, 6.45) is -0.116. The number of rotatable bonds is 5. The molecule has 0 atom stereocenters. The maximum Gasteiger partial charge on any atom is 0.309 e. The van der Waals surface area contributed by atoms with Crippen molar-refractivity contribution in [3.05, 3.63) is 46.2 Å². The quantitative estimate of drug-likeness (QED) is 0.859. The molecule has 1 heterocycles. The maximum absolute atomic E-state index is 13.6. The van der Waals surface area contributed by atoms with Gasteiger partial charge in [0.2, 0.25) is 0 Å². The zero-order valence-electron chi connectivity index (χ0n) is 10.2. The Labute approximate surface area is 122 Å². The Morgan fingerprint density at radius 1 is 1.55 bits per heavy atom. The summed E-state index contributed by atoms with van der Waals surface area (Å²) in [5, 5.41) is 19.1. The second-order valence-electron chi connectivity index (χ2n) is 3.88. The van der Waals surface area contributed by atoms with Gasteiger partial charge < -0.3 is 5.11 Å². The third kappa shape index (κ3) is 3.79. The van der Waals surface area contributed by atoms with Crippen LogP contribution in [0.5, 0.6) is 0 Å². The van der Waals surface area contributed by atoms with E-state index in [1.807, 2.05) is 6.07 Å². The van der Waals surface area contributed by atoms with Gasteiger partial charge in [-0.25, -0.2) is 9.37 Å². The van der Waals surface area contributed by atoms with Crippen molar-refractivity contribution in [2.75, 3.05) is 0 Å². The molecule has 0 amide bonds. The van der Waals surface area contributed by atoms with Gasteiger partial charge >= 0.3 is 5.97 Å². The van der Waals surface area contributed by atoms with Crippen LogP contribution in [0, 0.1) is 17.1 Å². The minimum Gasteiger partial charge on any atom is -0.481 e. The summed E-state index contributed by atoms with van der Waals surface area (Å²) in [4.78, 5) is 14.7. The number of hydrogen-bond donors (Lipinski definition) is 1. The molecule has 1 N–H and O–H groups in total. The summed E-state index contributed by atoms with van der Waals surface area (Å²) in [7, 11) is 0. The molecule has 0 unspecified atom stereocenters. The van der Waals surface area contributed by atoms with Crippen molar-refractivity contribution in [1.29, 1.82) is 5.26 Å². The van der Waals surface area contributed by atoms with E-state index in [0.29, 0.717) is 26.9 Å². The number of benzene rings is 1. The number of thioether (sulfide) groups is 1. The van der Waals surface area contributed by atoms with Gasteiger partial charge in [-0.2, -0.15) is 5.26 Å². The van der Waals surface area contributed by atoms with E-state index >= 15 is 0 Å². The first kappa shape index (κ1) is 14.5. The summed E-state index contributed by atoms with van der Waals surface area (Å²) in [5.74, 6) is -0.945. The molecule has 0 spiro atoms. The highest BCUT2D eigenvalue weighted by molar-refractivity contribution is 8.00. The highest BCUT2D eigenvalue weighted by Crippen LogP contribution is 2.27. The van der Waals surface area contributed by atoms with E-state index < -0.39 is 5.97 Å². The van der Waals surface area contributed by atoms with Gasteiger partial charge in [0.25, 0.3) is 0 Å². The lowest BCUT2D eigenvalue weighted by Crippen LogP contribution is -1.99. The lowest BCUT2D eigenvalue weighted by atomic mass is 10.1. The molecule has 2 aromatic rings. The molecule has 0 aliphatic rings. The number of nitrogens with zero attached hydrogens (tertiary/aromatic N) is 2. The van der Waals surface area contributed by atoms with Crippen LogP contribution in [0.3, 0.4) is 0 Å². The SMILES string of the molecule is N#Cc1ccc(F)c(CSc2nc(CC(=O)O)cs2)c1. The van der Waals surface area contributed by atoms with Crippen LogP contribution in [0.25, 0.3) is 0 Å². The molecule has 0 saturated heterocycles. The maximum atomic E-state index is 13.6. The minimum atomic E-state index is -0.931. The highest BCUT2D eigenvalue weighted by Gasteiger charge is 2.09. The predicted molar refractivity (Wildman–Crippen MR) is 74.1 cm³/mol. The van der Waals surface area contributed by atoms with E-state index in [2.05, 4.69) is 4.98 Å². The number of thiazole rings is 1. The molecule has 2 rings (SSSR count). The fourth-order valence-electron chi connectivity index (χ4n) is 1.49. The third-order valence-electron chi connectivity index (χ3n) is 2.39. The summed E-state index contributed by atoms with van der Waals surface area (Å²) in [6.45, 7) is 0. The normalized spacial score (nSPS) is 10.2. The van der Waals surface area contributed by atoms with Crippen molar-refractivity contribution in [2.24, 2.45) is 0 Å². The van der Waals surface area contributed by atoms with Crippen molar-refractivity contribution in [3.8, 4) is 6.07 Å². The molecule has 0 radical (unpaired) electrons. The van der Waals surface area contributed by atoms with Crippen LogP contribution >= 0.6 is 23.1 Å². The van der Waals surface area contributed by atoms with E-state index in [4.69, 9.17) is 10.4 Å². The van der Waals surface area contributed by atoms with Crippen molar-refractivity contribution < 1.29 is 14.3 Å². The average molecular weight is 308 g/mol. The Kier molecular flexibility index (Phi) is 4.71. The topological polar surface area (TPSA) is 74.0 Å². The molecule has 20 heavy (non-hydrogen) atoms. The Hall–Kier alpha value is -1.91. The van der Waals surface area contributed by atoms with Crippen molar-refractivity contribution in [3.63, 3.8) is 0 Å². The number of halogens is 1. The van der Waals surface area contributed by atoms with Gasteiger partial charge in [0.1, 0.15) is 10.2 Å². The first-order valence-electron chi connectivity index (χ1n) is 5.56. The lowest BCUT2D eigenvalue weighted by molar-refractivity contribution is -0.136. The van der Waals surface area contributed by atoms with Crippen LogP contribution in [0.1, 0.15) is 16.8 Å². The molecule has 4 nitrogen and oxygen atoms in total. The molecule has 0 fully saturated rings. The van der Waals surface area contributed by atoms with Crippen LogP contribution in [-0.4, -0.2) is 16.1 Å². The van der Waals surface area contributed by atoms with Gasteiger partial charge in [-0.15, -0.1) is 11.3 Å². The van der Waals surface area contributed by atoms with Crippen molar-refractivity contribution >= 4 is 29.1 Å². The lowest BCUT2D eigenvalue weighted by Gasteiger charge is -2.01. The van der Waals surface area contributed by atoms with E-state index in [-0.39, 0.29) is 12.2 Å². The van der Waals surface area contributed by atoms with Crippen LogP contribution in [0.4, 0.5) is 4.39 Å². The van der Waals surface area contributed by atoms with Crippen LogP contribution in [-0.2, 0) is 17.0 Å². The number of carboxylic acid groups (broad SMARTS) is 1. The van der Waals surface area contributed by atoms with Gasteiger partial charge in [-0.05, 0) is 23.8 Å². The van der Waals surface area contributed by atoms with E-state index in [1.54, 1.807) is 5.38 Å². The highest BCUT2D eigenvalue weighted by atomic mass is 32.2. The molecular weight excluding hydrogens is 299 g/mol. The number of hydrogen-bond acceptors (Lipinski definition) is 5. The minimum absolute atomic E-state index is 0.116. The van der Waals surface area contributed by atoms with E-state index in [1.165, 1.54) is 41.3 Å². The smallest absolute Gasteiger partial charge is 0.309 e. The Bertz CT molecular complexity index is 679. The molecule has 0 aliphatic heterocycles. The molecule has 0 aliphatic carbocycles. The van der Waals surface area contributed by atoms with E-state index in [0.717, 1.165) is 0 Å². The molecule has 7 heteroatoms. The zero-order chi connectivity index (χ0) is 14.5. The summed E-state index contributed by atoms with van der Waals surface area (Å²) in [5.41, 5.74) is 1.34. The molecule has 1 aromatic carbocycles. The van der Waals surface area contributed by atoms with Crippen LogP contribution in [0.2, 0.25) is 0 Å². The number of aliphatic carboxylic acids is 1. The van der Waals surface area contributed by atoms with Gasteiger partial charge in [0.15, 0.2) is 0 Å². The number of carbonyl (C=O) groups is 1. The summed E-state index contributed by atoms with van der Waals surface area (Å²) >= 11 is 2.65. The second-order valence-corrected chi connectivity index (χ2v) is 5.96. The van der Waals surface area contributed by atoms with Gasteiger partial charge in [-0.3, -0.25) is 4.79 Å².